The zero-order chi connectivity index (χ0) is 13.8. The predicted octanol–water partition coefficient (Wildman–Crippen LogP) is 2.20. The first kappa shape index (κ1) is 13.0. The number of carbonyl (C=O) groups excluding carboxylic acids is 1. The minimum atomic E-state index is -0.588. The molecule has 0 spiro atoms. The first-order chi connectivity index (χ1) is 9.10. The summed E-state index contributed by atoms with van der Waals surface area (Å²) in [6, 6.07) is 1.17. The highest BCUT2D eigenvalue weighted by atomic mass is 19.1. The van der Waals surface area contributed by atoms with Crippen molar-refractivity contribution in [2.24, 2.45) is 0 Å². The van der Waals surface area contributed by atoms with E-state index in [1.807, 2.05) is 6.92 Å². The highest BCUT2D eigenvalue weighted by Crippen LogP contribution is 2.16. The third-order valence-corrected chi connectivity index (χ3v) is 2.28. The Morgan fingerprint density at radius 2 is 2.32 bits per heavy atom. The fraction of sp³-hybridized carbons (Fsp3) is 0.250. The monoisotopic (exact) mass is 264 g/mol. The second-order valence-electron chi connectivity index (χ2n) is 3.83. The van der Waals surface area contributed by atoms with Gasteiger partial charge in [0.1, 0.15) is 17.9 Å². The summed E-state index contributed by atoms with van der Waals surface area (Å²) in [7, 11) is 0. The van der Waals surface area contributed by atoms with Crippen LogP contribution in [-0.4, -0.2) is 22.4 Å². The lowest BCUT2D eigenvalue weighted by molar-refractivity contribution is 0.102. The lowest BCUT2D eigenvalue weighted by Crippen LogP contribution is -2.16. The maximum Gasteiger partial charge on any atom is 0.301 e. The average Bonchev–Trinajstić information content (AvgIpc) is 2.77. The standard InChI is InChI=1S/C12H13FN4O2/c1-3-14-10-9(4-8(13)5-15-10)11(18)17-12-16-7(2)6-19-12/h4-6H,3H2,1-2H3,(H,14,15)(H,16,17,18). The smallest absolute Gasteiger partial charge is 0.301 e. The minimum Gasteiger partial charge on any atom is -0.432 e. The Morgan fingerprint density at radius 3 is 2.95 bits per heavy atom. The zero-order valence-electron chi connectivity index (χ0n) is 10.5. The number of nitrogens with one attached hydrogen (secondary N) is 2. The molecule has 2 heterocycles. The lowest BCUT2D eigenvalue weighted by Gasteiger charge is -2.08. The lowest BCUT2D eigenvalue weighted by atomic mass is 10.2. The molecule has 2 aromatic heterocycles. The second kappa shape index (κ2) is 5.47. The average molecular weight is 264 g/mol. The van der Waals surface area contributed by atoms with Crippen molar-refractivity contribution in [3.8, 4) is 0 Å². The molecule has 0 unspecified atom stereocenters. The van der Waals surface area contributed by atoms with E-state index in [-0.39, 0.29) is 11.6 Å². The van der Waals surface area contributed by atoms with Crippen LogP contribution in [0.3, 0.4) is 0 Å². The number of amides is 1. The van der Waals surface area contributed by atoms with Crippen LogP contribution in [-0.2, 0) is 0 Å². The van der Waals surface area contributed by atoms with E-state index in [0.717, 1.165) is 12.3 Å². The Balaban J connectivity index is 2.24. The number of carbonyl (C=O) groups is 1. The number of aromatic nitrogens is 2. The van der Waals surface area contributed by atoms with Crippen LogP contribution in [0.15, 0.2) is 22.9 Å². The summed E-state index contributed by atoms with van der Waals surface area (Å²) in [6.07, 6.45) is 2.45. The van der Waals surface area contributed by atoms with E-state index in [1.54, 1.807) is 6.92 Å². The molecule has 0 aliphatic carbocycles. The fourth-order valence-electron chi connectivity index (χ4n) is 1.50. The van der Waals surface area contributed by atoms with Crippen molar-refractivity contribution in [1.29, 1.82) is 0 Å². The number of hydrogen-bond acceptors (Lipinski definition) is 5. The van der Waals surface area contributed by atoms with Gasteiger partial charge in [0.25, 0.3) is 5.91 Å². The summed E-state index contributed by atoms with van der Waals surface area (Å²) in [5.41, 5.74) is 0.734. The van der Waals surface area contributed by atoms with Gasteiger partial charge in [0.2, 0.25) is 0 Å². The molecule has 2 N–H and O–H groups in total. The van der Waals surface area contributed by atoms with Crippen LogP contribution in [0, 0.1) is 12.7 Å². The van der Waals surface area contributed by atoms with Crippen molar-refractivity contribution in [3.63, 3.8) is 0 Å². The topological polar surface area (TPSA) is 80.0 Å². The van der Waals surface area contributed by atoms with E-state index >= 15 is 0 Å². The van der Waals surface area contributed by atoms with Crippen molar-refractivity contribution < 1.29 is 13.6 Å². The predicted molar refractivity (Wildman–Crippen MR) is 67.6 cm³/mol. The van der Waals surface area contributed by atoms with E-state index in [4.69, 9.17) is 4.42 Å². The van der Waals surface area contributed by atoms with Crippen LogP contribution in [0.2, 0.25) is 0 Å². The van der Waals surface area contributed by atoms with Crippen LogP contribution >= 0.6 is 0 Å². The van der Waals surface area contributed by atoms with Crippen molar-refractivity contribution in [1.82, 2.24) is 9.97 Å². The fourth-order valence-corrected chi connectivity index (χ4v) is 1.50. The Morgan fingerprint density at radius 1 is 1.53 bits per heavy atom. The zero-order valence-corrected chi connectivity index (χ0v) is 10.5. The molecule has 2 aromatic rings. The highest BCUT2D eigenvalue weighted by molar-refractivity contribution is 6.06. The summed E-state index contributed by atoms with van der Waals surface area (Å²) in [5.74, 6) is -0.815. The molecule has 0 aromatic carbocycles. The van der Waals surface area contributed by atoms with Gasteiger partial charge < -0.3 is 9.73 Å². The first-order valence-corrected chi connectivity index (χ1v) is 5.73. The summed E-state index contributed by atoms with van der Waals surface area (Å²) in [4.78, 5) is 19.8. The van der Waals surface area contributed by atoms with Crippen LogP contribution in [0.1, 0.15) is 23.0 Å². The molecule has 2 rings (SSSR count). The maximum atomic E-state index is 13.2. The molecule has 0 aliphatic heterocycles. The Kier molecular flexibility index (Phi) is 3.74. The van der Waals surface area contributed by atoms with Crippen LogP contribution in [0.4, 0.5) is 16.2 Å². The largest absolute Gasteiger partial charge is 0.432 e. The molecule has 0 bridgehead atoms. The molecule has 6 nitrogen and oxygen atoms in total. The van der Waals surface area contributed by atoms with E-state index in [2.05, 4.69) is 20.6 Å². The Hall–Kier alpha value is -2.44. The van der Waals surface area contributed by atoms with Gasteiger partial charge in [0, 0.05) is 6.54 Å². The molecule has 100 valence electrons. The molecule has 0 fully saturated rings. The number of aryl methyl sites for hydroxylation is 1. The molecular formula is C12H13FN4O2. The number of pyridine rings is 1. The summed E-state index contributed by atoms with van der Waals surface area (Å²) in [6.45, 7) is 4.15. The number of oxazole rings is 1. The van der Waals surface area contributed by atoms with Crippen LogP contribution in [0.25, 0.3) is 0 Å². The number of hydrogen-bond donors (Lipinski definition) is 2. The van der Waals surface area contributed by atoms with Gasteiger partial charge in [-0.25, -0.2) is 9.37 Å². The molecule has 19 heavy (non-hydrogen) atoms. The molecule has 0 atom stereocenters. The van der Waals surface area contributed by atoms with Gasteiger partial charge in [0.05, 0.1) is 17.5 Å². The molecule has 0 saturated heterocycles. The third-order valence-electron chi connectivity index (χ3n) is 2.28. The number of nitrogens with zero attached hydrogens (tertiary/aromatic N) is 2. The van der Waals surface area contributed by atoms with Crippen molar-refractivity contribution in [3.05, 3.63) is 35.6 Å². The maximum absolute atomic E-state index is 13.2. The Labute approximate surface area is 109 Å². The minimum absolute atomic E-state index is 0.0641. The van der Waals surface area contributed by atoms with Gasteiger partial charge in [-0.1, -0.05) is 0 Å². The van der Waals surface area contributed by atoms with Gasteiger partial charge in [-0.2, -0.15) is 4.98 Å². The van der Waals surface area contributed by atoms with E-state index < -0.39 is 11.7 Å². The van der Waals surface area contributed by atoms with E-state index in [0.29, 0.717) is 18.1 Å². The summed E-state index contributed by atoms with van der Waals surface area (Å²) >= 11 is 0. The second-order valence-corrected chi connectivity index (χ2v) is 3.83. The van der Waals surface area contributed by atoms with Crippen LogP contribution < -0.4 is 10.6 Å². The molecule has 0 saturated carbocycles. The normalized spacial score (nSPS) is 10.3. The van der Waals surface area contributed by atoms with Crippen molar-refractivity contribution in [2.75, 3.05) is 17.2 Å². The third kappa shape index (κ3) is 3.06. The first-order valence-electron chi connectivity index (χ1n) is 5.73. The van der Waals surface area contributed by atoms with Gasteiger partial charge in [-0.3, -0.25) is 10.1 Å². The molecule has 0 radical (unpaired) electrons. The summed E-state index contributed by atoms with van der Waals surface area (Å²) in [5, 5.41) is 5.33. The van der Waals surface area contributed by atoms with Gasteiger partial charge >= 0.3 is 6.01 Å². The quantitative estimate of drug-likeness (QED) is 0.884. The number of anilines is 2. The molecular weight excluding hydrogens is 251 g/mol. The molecule has 1 amide bonds. The van der Waals surface area contributed by atoms with Crippen molar-refractivity contribution >= 4 is 17.7 Å². The number of halogens is 1. The van der Waals surface area contributed by atoms with E-state index in [1.165, 1.54) is 6.26 Å². The molecule has 7 heteroatoms. The van der Waals surface area contributed by atoms with Gasteiger partial charge in [-0.05, 0) is 19.9 Å². The highest BCUT2D eigenvalue weighted by Gasteiger charge is 2.15. The van der Waals surface area contributed by atoms with E-state index in [9.17, 15) is 9.18 Å². The SMILES string of the molecule is CCNc1ncc(F)cc1C(=O)Nc1nc(C)co1. The van der Waals surface area contributed by atoms with Gasteiger partial charge in [0.15, 0.2) is 0 Å². The number of rotatable bonds is 4. The Bertz CT molecular complexity index is 597. The summed E-state index contributed by atoms with van der Waals surface area (Å²) < 4.78 is 18.2. The molecule has 0 aliphatic rings. The van der Waals surface area contributed by atoms with Gasteiger partial charge in [-0.15, -0.1) is 0 Å². The van der Waals surface area contributed by atoms with Crippen LogP contribution in [0.5, 0.6) is 0 Å². The van der Waals surface area contributed by atoms with Crippen molar-refractivity contribution in [2.45, 2.75) is 13.8 Å².